The fourth-order valence-corrected chi connectivity index (χ4v) is 4.11. The van der Waals surface area contributed by atoms with Gasteiger partial charge in [0, 0.05) is 29.4 Å². The normalized spacial score (nSPS) is 16.5. The van der Waals surface area contributed by atoms with Gasteiger partial charge in [-0.1, -0.05) is 29.8 Å². The lowest BCUT2D eigenvalue weighted by molar-refractivity contribution is 0.486. The molecule has 3 heterocycles. The van der Waals surface area contributed by atoms with E-state index in [2.05, 4.69) is 40.2 Å². The number of aromatic nitrogens is 3. The summed E-state index contributed by atoms with van der Waals surface area (Å²) in [5, 5.41) is 9.14. The molecule has 0 spiro atoms. The smallest absolute Gasteiger partial charge is 0.255 e. The minimum atomic E-state index is -0.0371. The molecule has 1 atom stereocenters. The SMILES string of the molecule is Cc1ccc(-c2ccn(-c3ccc4c(cnn4C[C@@H]4CCCN4)c3)c(=O)c2)cc1. The molecule has 1 fully saturated rings. The van der Waals surface area contributed by atoms with Crippen LogP contribution in [0.3, 0.4) is 0 Å². The standard InChI is InChI=1S/C24H24N4O/c1-17-4-6-18(7-5-17)19-10-12-27(24(29)14-19)22-8-9-23-20(13-22)15-26-28(23)16-21-3-2-11-25-21/h4-10,12-15,21,25H,2-3,11,16H2,1H3/t21-/m0/s1. The van der Waals surface area contributed by atoms with Crippen molar-refractivity contribution in [1.29, 1.82) is 0 Å². The van der Waals surface area contributed by atoms with Gasteiger partial charge in [0.1, 0.15) is 0 Å². The molecule has 0 bridgehead atoms. The van der Waals surface area contributed by atoms with Crippen molar-refractivity contribution in [2.75, 3.05) is 6.54 Å². The second-order valence-electron chi connectivity index (χ2n) is 7.85. The maximum absolute atomic E-state index is 12.8. The van der Waals surface area contributed by atoms with E-state index in [0.29, 0.717) is 6.04 Å². The first-order chi connectivity index (χ1) is 14.2. The van der Waals surface area contributed by atoms with E-state index in [1.807, 2.05) is 42.7 Å². The Kier molecular flexibility index (Phi) is 4.52. The van der Waals surface area contributed by atoms with E-state index in [0.717, 1.165) is 40.8 Å². The van der Waals surface area contributed by atoms with Crippen LogP contribution in [0.15, 0.2) is 71.8 Å². The third-order valence-electron chi connectivity index (χ3n) is 5.76. The monoisotopic (exact) mass is 384 g/mol. The van der Waals surface area contributed by atoms with Crippen LogP contribution in [0.1, 0.15) is 18.4 Å². The topological polar surface area (TPSA) is 51.9 Å². The van der Waals surface area contributed by atoms with Gasteiger partial charge in [0.15, 0.2) is 0 Å². The lowest BCUT2D eigenvalue weighted by atomic mass is 10.1. The number of hydrogen-bond acceptors (Lipinski definition) is 3. The zero-order valence-corrected chi connectivity index (χ0v) is 16.5. The van der Waals surface area contributed by atoms with Crippen LogP contribution in [-0.2, 0) is 6.54 Å². The third kappa shape index (κ3) is 3.49. The van der Waals surface area contributed by atoms with E-state index in [4.69, 9.17) is 0 Å². The van der Waals surface area contributed by atoms with Crippen molar-refractivity contribution < 1.29 is 0 Å². The fourth-order valence-electron chi connectivity index (χ4n) is 4.11. The predicted molar refractivity (Wildman–Crippen MR) is 117 cm³/mol. The van der Waals surface area contributed by atoms with Crippen molar-refractivity contribution in [3.05, 3.63) is 82.9 Å². The van der Waals surface area contributed by atoms with Crippen molar-refractivity contribution in [2.45, 2.75) is 32.4 Å². The highest BCUT2D eigenvalue weighted by Gasteiger charge is 2.16. The second-order valence-corrected chi connectivity index (χ2v) is 7.85. The van der Waals surface area contributed by atoms with E-state index < -0.39 is 0 Å². The molecular formula is C24H24N4O. The molecule has 29 heavy (non-hydrogen) atoms. The third-order valence-corrected chi connectivity index (χ3v) is 5.76. The van der Waals surface area contributed by atoms with Crippen LogP contribution in [-0.4, -0.2) is 26.9 Å². The number of hydrogen-bond donors (Lipinski definition) is 1. The summed E-state index contributed by atoms with van der Waals surface area (Å²) >= 11 is 0. The molecule has 0 unspecified atom stereocenters. The van der Waals surface area contributed by atoms with E-state index in [1.165, 1.54) is 18.4 Å². The number of pyridine rings is 1. The Bertz CT molecular complexity index is 1210. The first-order valence-electron chi connectivity index (χ1n) is 10.2. The van der Waals surface area contributed by atoms with Gasteiger partial charge >= 0.3 is 0 Å². The molecule has 0 saturated carbocycles. The highest BCUT2D eigenvalue weighted by atomic mass is 16.1. The predicted octanol–water partition coefficient (Wildman–Crippen LogP) is 3.91. The average molecular weight is 384 g/mol. The van der Waals surface area contributed by atoms with Crippen LogP contribution in [0.25, 0.3) is 27.7 Å². The summed E-state index contributed by atoms with van der Waals surface area (Å²) in [6, 6.07) is 18.5. The highest BCUT2D eigenvalue weighted by molar-refractivity contribution is 5.81. The quantitative estimate of drug-likeness (QED) is 0.580. The molecule has 0 radical (unpaired) electrons. The van der Waals surface area contributed by atoms with Crippen LogP contribution in [0.2, 0.25) is 0 Å². The largest absolute Gasteiger partial charge is 0.312 e. The van der Waals surface area contributed by atoms with Gasteiger partial charge in [0.25, 0.3) is 5.56 Å². The van der Waals surface area contributed by atoms with Crippen LogP contribution >= 0.6 is 0 Å². The molecular weight excluding hydrogens is 360 g/mol. The Morgan fingerprint density at radius 2 is 1.93 bits per heavy atom. The number of nitrogens with zero attached hydrogens (tertiary/aromatic N) is 3. The summed E-state index contributed by atoms with van der Waals surface area (Å²) in [4.78, 5) is 12.8. The molecule has 146 valence electrons. The van der Waals surface area contributed by atoms with Gasteiger partial charge in [0.2, 0.25) is 0 Å². The zero-order valence-electron chi connectivity index (χ0n) is 16.5. The number of rotatable bonds is 4. The summed E-state index contributed by atoms with van der Waals surface area (Å²) in [5.74, 6) is 0. The van der Waals surface area contributed by atoms with Crippen molar-refractivity contribution in [2.24, 2.45) is 0 Å². The van der Waals surface area contributed by atoms with Crippen molar-refractivity contribution in [3.63, 3.8) is 0 Å². The Labute approximate surface area is 169 Å². The fraction of sp³-hybridized carbons (Fsp3) is 0.250. The molecule has 2 aromatic heterocycles. The maximum atomic E-state index is 12.8. The molecule has 4 aromatic rings. The minimum absolute atomic E-state index is 0.0371. The maximum Gasteiger partial charge on any atom is 0.255 e. The van der Waals surface area contributed by atoms with Gasteiger partial charge in [-0.05, 0) is 61.7 Å². The molecule has 1 N–H and O–H groups in total. The number of nitrogens with one attached hydrogen (secondary N) is 1. The zero-order chi connectivity index (χ0) is 19.8. The Morgan fingerprint density at radius 1 is 1.07 bits per heavy atom. The Morgan fingerprint density at radius 3 is 2.69 bits per heavy atom. The number of aryl methyl sites for hydroxylation is 1. The van der Waals surface area contributed by atoms with E-state index in [-0.39, 0.29) is 5.56 Å². The van der Waals surface area contributed by atoms with Crippen molar-refractivity contribution in [3.8, 4) is 16.8 Å². The molecule has 1 aliphatic heterocycles. The van der Waals surface area contributed by atoms with Crippen molar-refractivity contribution in [1.82, 2.24) is 19.7 Å². The summed E-state index contributed by atoms with van der Waals surface area (Å²) in [7, 11) is 0. The number of fused-ring (bicyclic) bond motifs is 1. The van der Waals surface area contributed by atoms with E-state index in [9.17, 15) is 4.79 Å². The average Bonchev–Trinajstić information content (AvgIpc) is 3.39. The second kappa shape index (κ2) is 7.33. The molecule has 0 aliphatic carbocycles. The lowest BCUT2D eigenvalue weighted by Crippen LogP contribution is -2.27. The van der Waals surface area contributed by atoms with Crippen LogP contribution in [0.4, 0.5) is 0 Å². The van der Waals surface area contributed by atoms with E-state index >= 15 is 0 Å². The molecule has 2 aromatic carbocycles. The van der Waals surface area contributed by atoms with E-state index in [1.54, 1.807) is 10.6 Å². The van der Waals surface area contributed by atoms with Crippen molar-refractivity contribution >= 4 is 10.9 Å². The molecule has 5 nitrogen and oxygen atoms in total. The highest BCUT2D eigenvalue weighted by Crippen LogP contribution is 2.21. The Hall–Kier alpha value is -3.18. The van der Waals surface area contributed by atoms with Gasteiger partial charge in [-0.3, -0.25) is 14.0 Å². The number of benzene rings is 2. The first kappa shape index (κ1) is 17.9. The lowest BCUT2D eigenvalue weighted by Gasteiger charge is -2.11. The Balaban J connectivity index is 1.45. The summed E-state index contributed by atoms with van der Waals surface area (Å²) in [6.07, 6.45) is 6.17. The first-order valence-corrected chi connectivity index (χ1v) is 10.2. The summed E-state index contributed by atoms with van der Waals surface area (Å²) in [5.41, 5.74) is 5.12. The molecule has 1 aliphatic rings. The molecule has 5 rings (SSSR count). The van der Waals surface area contributed by atoms with Gasteiger partial charge in [0.05, 0.1) is 18.3 Å². The summed E-state index contributed by atoms with van der Waals surface area (Å²) in [6.45, 7) is 4.04. The van der Waals surface area contributed by atoms with Crippen LogP contribution < -0.4 is 10.9 Å². The van der Waals surface area contributed by atoms with Crippen LogP contribution in [0, 0.1) is 6.92 Å². The van der Waals surface area contributed by atoms with Gasteiger partial charge < -0.3 is 5.32 Å². The summed E-state index contributed by atoms with van der Waals surface area (Å²) < 4.78 is 3.75. The van der Waals surface area contributed by atoms with Gasteiger partial charge in [-0.2, -0.15) is 5.10 Å². The minimum Gasteiger partial charge on any atom is -0.312 e. The molecule has 0 amide bonds. The van der Waals surface area contributed by atoms with Crippen LogP contribution in [0.5, 0.6) is 0 Å². The van der Waals surface area contributed by atoms with Gasteiger partial charge in [-0.15, -0.1) is 0 Å². The molecule has 1 saturated heterocycles. The van der Waals surface area contributed by atoms with Gasteiger partial charge in [-0.25, -0.2) is 0 Å². The molecule has 5 heteroatoms.